The lowest BCUT2D eigenvalue weighted by atomic mass is 10.2. The third-order valence-electron chi connectivity index (χ3n) is 2.76. The highest BCUT2D eigenvalue weighted by Gasteiger charge is 2.05. The van der Waals surface area contributed by atoms with Crippen LogP contribution in [0.15, 0.2) is 47.4 Å². The van der Waals surface area contributed by atoms with Gasteiger partial charge in [-0.1, -0.05) is 18.2 Å². The molecule has 0 spiro atoms. The van der Waals surface area contributed by atoms with E-state index in [-0.39, 0.29) is 25.8 Å². The zero-order valence-electron chi connectivity index (χ0n) is 12.1. The Morgan fingerprint density at radius 1 is 1.18 bits per heavy atom. The van der Waals surface area contributed by atoms with Gasteiger partial charge in [-0.3, -0.25) is 4.57 Å². The van der Waals surface area contributed by atoms with Crippen molar-refractivity contribution in [1.29, 1.82) is 0 Å². The molecule has 2 rings (SSSR count). The Morgan fingerprint density at radius 3 is 2.64 bits per heavy atom. The fraction of sp³-hybridized carbons (Fsp3) is 0.267. The summed E-state index contributed by atoms with van der Waals surface area (Å²) in [6.45, 7) is 0.307. The van der Waals surface area contributed by atoms with Crippen molar-refractivity contribution < 1.29 is 19.0 Å². The Balaban J connectivity index is 1.71. The number of carbonyl (C=O) groups excluding carboxylic acids is 1. The summed E-state index contributed by atoms with van der Waals surface area (Å²) in [6, 6.07) is 10.2. The monoisotopic (exact) mass is 304 g/mol. The molecule has 1 aromatic carbocycles. The van der Waals surface area contributed by atoms with Gasteiger partial charge in [-0.15, -0.1) is 0 Å². The molecule has 0 saturated heterocycles. The molecule has 1 aromatic heterocycles. The van der Waals surface area contributed by atoms with E-state index in [4.69, 9.17) is 14.2 Å². The second kappa shape index (κ2) is 7.94. The van der Waals surface area contributed by atoms with E-state index in [1.54, 1.807) is 30.3 Å². The third-order valence-corrected chi connectivity index (χ3v) is 2.76. The zero-order valence-corrected chi connectivity index (χ0v) is 12.1. The predicted octanol–water partition coefficient (Wildman–Crippen LogP) is 1.08. The Morgan fingerprint density at radius 2 is 1.95 bits per heavy atom. The molecule has 0 aliphatic carbocycles. The molecule has 22 heavy (non-hydrogen) atoms. The van der Waals surface area contributed by atoms with Gasteiger partial charge in [-0.05, 0) is 12.1 Å². The quantitative estimate of drug-likeness (QED) is 0.562. The molecule has 0 unspecified atom stereocenters. The molecule has 0 amide bonds. The molecular weight excluding hydrogens is 288 g/mol. The molecule has 0 aliphatic rings. The summed E-state index contributed by atoms with van der Waals surface area (Å²) in [6.07, 6.45) is 1.52. The van der Waals surface area contributed by atoms with E-state index in [0.717, 1.165) is 0 Å². The lowest BCUT2D eigenvalue weighted by Gasteiger charge is -2.08. The highest BCUT2D eigenvalue weighted by molar-refractivity contribution is 5.89. The standard InChI is InChI=1S/C15H16N2O5/c1-20-13-7-8-17(15(19)16-13)11-21-9-10-22-14(18)12-5-3-2-4-6-12/h2-8H,9-11H2,1H3. The molecule has 0 radical (unpaired) electrons. The highest BCUT2D eigenvalue weighted by atomic mass is 16.6. The number of nitrogens with zero attached hydrogens (tertiary/aromatic N) is 2. The number of carbonyl (C=O) groups is 1. The Kier molecular flexibility index (Phi) is 5.67. The smallest absolute Gasteiger partial charge is 0.352 e. The molecule has 0 N–H and O–H groups in total. The van der Waals surface area contributed by atoms with Crippen molar-refractivity contribution in [3.05, 3.63) is 58.6 Å². The van der Waals surface area contributed by atoms with E-state index in [0.29, 0.717) is 5.56 Å². The van der Waals surface area contributed by atoms with Crippen LogP contribution in [-0.4, -0.2) is 35.8 Å². The largest absolute Gasteiger partial charge is 0.481 e. The van der Waals surface area contributed by atoms with Crippen molar-refractivity contribution in [2.75, 3.05) is 20.3 Å². The Bertz CT molecular complexity index is 669. The molecule has 116 valence electrons. The second-order valence-corrected chi connectivity index (χ2v) is 4.26. The number of benzene rings is 1. The summed E-state index contributed by atoms with van der Waals surface area (Å²) >= 11 is 0. The first kappa shape index (κ1) is 15.7. The van der Waals surface area contributed by atoms with Crippen molar-refractivity contribution >= 4 is 5.97 Å². The Labute approximate surface area is 127 Å². The highest BCUT2D eigenvalue weighted by Crippen LogP contribution is 2.01. The van der Waals surface area contributed by atoms with Crippen LogP contribution in [0.4, 0.5) is 0 Å². The Hall–Kier alpha value is -2.67. The fourth-order valence-corrected chi connectivity index (χ4v) is 1.64. The molecule has 0 saturated carbocycles. The minimum atomic E-state index is -0.472. The van der Waals surface area contributed by atoms with Gasteiger partial charge in [0, 0.05) is 12.3 Å². The van der Waals surface area contributed by atoms with Crippen LogP contribution in [-0.2, 0) is 16.2 Å². The maximum absolute atomic E-state index is 11.6. The van der Waals surface area contributed by atoms with Crippen LogP contribution >= 0.6 is 0 Å². The molecule has 0 aliphatic heterocycles. The normalized spacial score (nSPS) is 10.2. The first-order valence-electron chi connectivity index (χ1n) is 6.62. The second-order valence-electron chi connectivity index (χ2n) is 4.26. The lowest BCUT2D eigenvalue weighted by Crippen LogP contribution is -2.24. The van der Waals surface area contributed by atoms with E-state index in [9.17, 15) is 9.59 Å². The van der Waals surface area contributed by atoms with Crippen LogP contribution in [0.2, 0.25) is 0 Å². The third kappa shape index (κ3) is 4.42. The summed E-state index contributed by atoms with van der Waals surface area (Å²) in [5, 5.41) is 0. The molecule has 0 bridgehead atoms. The summed E-state index contributed by atoms with van der Waals surface area (Å²) < 4.78 is 16.4. The van der Waals surface area contributed by atoms with Gasteiger partial charge in [-0.2, -0.15) is 4.98 Å². The van der Waals surface area contributed by atoms with Gasteiger partial charge in [-0.25, -0.2) is 9.59 Å². The summed E-state index contributed by atoms with van der Waals surface area (Å²) in [4.78, 5) is 26.9. The molecule has 1 heterocycles. The minimum absolute atomic E-state index is 0.0265. The SMILES string of the molecule is COc1ccn(COCCOC(=O)c2ccccc2)c(=O)n1. The van der Waals surface area contributed by atoms with Crippen LogP contribution < -0.4 is 10.4 Å². The molecule has 7 nitrogen and oxygen atoms in total. The van der Waals surface area contributed by atoms with Crippen LogP contribution in [0.5, 0.6) is 5.88 Å². The minimum Gasteiger partial charge on any atom is -0.481 e. The van der Waals surface area contributed by atoms with E-state index < -0.39 is 11.7 Å². The molecule has 2 aromatic rings. The van der Waals surface area contributed by atoms with Crippen molar-refractivity contribution in [2.45, 2.75) is 6.73 Å². The first-order chi connectivity index (χ1) is 10.7. The lowest BCUT2D eigenvalue weighted by molar-refractivity contribution is 0.0162. The number of esters is 1. The van der Waals surface area contributed by atoms with Gasteiger partial charge in [0.15, 0.2) is 0 Å². The average molecular weight is 304 g/mol. The molecular formula is C15H16N2O5. The number of ether oxygens (including phenoxy) is 3. The number of rotatable bonds is 7. The average Bonchev–Trinajstić information content (AvgIpc) is 2.56. The van der Waals surface area contributed by atoms with Gasteiger partial charge < -0.3 is 14.2 Å². The van der Waals surface area contributed by atoms with E-state index in [1.807, 2.05) is 6.07 Å². The summed E-state index contributed by atoms with van der Waals surface area (Å²) in [5.41, 5.74) is 0.0127. The van der Waals surface area contributed by atoms with E-state index in [2.05, 4.69) is 4.98 Å². The number of hydrogen-bond acceptors (Lipinski definition) is 6. The van der Waals surface area contributed by atoms with Gasteiger partial charge >= 0.3 is 11.7 Å². The maximum Gasteiger partial charge on any atom is 0.352 e. The van der Waals surface area contributed by atoms with Crippen molar-refractivity contribution in [1.82, 2.24) is 9.55 Å². The van der Waals surface area contributed by atoms with Gasteiger partial charge in [0.25, 0.3) is 0 Å². The first-order valence-corrected chi connectivity index (χ1v) is 6.62. The van der Waals surface area contributed by atoms with Crippen molar-refractivity contribution in [3.8, 4) is 5.88 Å². The number of aromatic nitrogens is 2. The molecule has 0 atom stereocenters. The molecule has 7 heteroatoms. The molecule has 0 fully saturated rings. The van der Waals surface area contributed by atoms with Crippen LogP contribution in [0.25, 0.3) is 0 Å². The summed E-state index contributed by atoms with van der Waals surface area (Å²) in [5.74, 6) is -0.162. The summed E-state index contributed by atoms with van der Waals surface area (Å²) in [7, 11) is 1.43. The van der Waals surface area contributed by atoms with Gasteiger partial charge in [0.2, 0.25) is 5.88 Å². The van der Waals surface area contributed by atoms with Crippen LogP contribution in [0.1, 0.15) is 10.4 Å². The topological polar surface area (TPSA) is 79.7 Å². The van der Waals surface area contributed by atoms with Gasteiger partial charge in [0.1, 0.15) is 13.3 Å². The van der Waals surface area contributed by atoms with Crippen LogP contribution in [0, 0.1) is 0 Å². The maximum atomic E-state index is 11.6. The fourth-order valence-electron chi connectivity index (χ4n) is 1.64. The van der Waals surface area contributed by atoms with E-state index in [1.165, 1.54) is 17.9 Å². The van der Waals surface area contributed by atoms with Crippen molar-refractivity contribution in [3.63, 3.8) is 0 Å². The van der Waals surface area contributed by atoms with Gasteiger partial charge in [0.05, 0.1) is 19.3 Å². The number of hydrogen-bond donors (Lipinski definition) is 0. The van der Waals surface area contributed by atoms with Crippen molar-refractivity contribution in [2.24, 2.45) is 0 Å². The van der Waals surface area contributed by atoms with E-state index >= 15 is 0 Å². The predicted molar refractivity (Wildman–Crippen MR) is 77.7 cm³/mol. The zero-order chi connectivity index (χ0) is 15.8. The number of methoxy groups -OCH3 is 1. The van der Waals surface area contributed by atoms with Crippen LogP contribution in [0.3, 0.4) is 0 Å².